The zero-order valence-corrected chi connectivity index (χ0v) is 19.1. The average molecular weight is 454 g/mol. The molecule has 0 unspecified atom stereocenters. The van der Waals surface area contributed by atoms with Crippen LogP contribution in [0, 0.1) is 5.41 Å². The van der Waals surface area contributed by atoms with Gasteiger partial charge < -0.3 is 9.47 Å². The van der Waals surface area contributed by atoms with Crippen molar-refractivity contribution in [1.82, 2.24) is 24.6 Å². The van der Waals surface area contributed by atoms with E-state index >= 15 is 0 Å². The Bertz CT molecular complexity index is 1460. The molecular weight excluding hydrogens is 430 g/mol. The molecule has 2 aliphatic rings. The van der Waals surface area contributed by atoms with Gasteiger partial charge in [-0.3, -0.25) is 9.78 Å². The number of nitrogens with zero attached hydrogens (tertiary/aromatic N) is 5. The molecule has 0 amide bonds. The highest BCUT2D eigenvalue weighted by atomic mass is 16.5. The van der Waals surface area contributed by atoms with Gasteiger partial charge in [0, 0.05) is 36.4 Å². The fraction of sp³-hybridized carbons (Fsp3) is 0.269. The summed E-state index contributed by atoms with van der Waals surface area (Å²) in [7, 11) is 1.63. The lowest BCUT2D eigenvalue weighted by Gasteiger charge is -2.37. The fourth-order valence-electron chi connectivity index (χ4n) is 4.89. The van der Waals surface area contributed by atoms with E-state index in [2.05, 4.69) is 28.9 Å². The quantitative estimate of drug-likeness (QED) is 0.455. The third kappa shape index (κ3) is 3.25. The molecular formula is C26H23N5O3. The Morgan fingerprint density at radius 1 is 1.15 bits per heavy atom. The van der Waals surface area contributed by atoms with Crippen molar-refractivity contribution in [2.24, 2.45) is 5.41 Å². The van der Waals surface area contributed by atoms with E-state index in [1.54, 1.807) is 30.3 Å². The van der Waals surface area contributed by atoms with Crippen LogP contribution in [0.2, 0.25) is 0 Å². The summed E-state index contributed by atoms with van der Waals surface area (Å²) in [4.78, 5) is 27.2. The molecule has 0 saturated carbocycles. The maximum absolute atomic E-state index is 13.4. The number of hydrogen-bond donors (Lipinski definition) is 0. The van der Waals surface area contributed by atoms with Crippen LogP contribution in [0.1, 0.15) is 43.7 Å². The van der Waals surface area contributed by atoms with Gasteiger partial charge in [-0.15, -0.1) is 5.10 Å². The number of aromatic nitrogens is 5. The van der Waals surface area contributed by atoms with E-state index in [0.29, 0.717) is 41.5 Å². The molecule has 0 radical (unpaired) electrons. The van der Waals surface area contributed by atoms with Crippen molar-refractivity contribution in [2.45, 2.75) is 32.6 Å². The van der Waals surface area contributed by atoms with Gasteiger partial charge in [-0.1, -0.05) is 19.9 Å². The van der Waals surface area contributed by atoms with E-state index in [1.165, 1.54) is 0 Å². The number of hydrogen-bond acceptors (Lipinski definition) is 7. The molecule has 1 atom stereocenters. The third-order valence-corrected chi connectivity index (χ3v) is 6.43. The first kappa shape index (κ1) is 20.5. The molecule has 0 bridgehead atoms. The summed E-state index contributed by atoms with van der Waals surface area (Å²) in [5, 5.41) is 4.65. The lowest BCUT2D eigenvalue weighted by atomic mass is 9.70. The van der Waals surface area contributed by atoms with Crippen LogP contribution < -0.4 is 9.47 Å². The first-order chi connectivity index (χ1) is 16.4. The number of Topliss-reactive ketones (excluding diaryl/α,β-unsaturated/α-hetero) is 1. The van der Waals surface area contributed by atoms with E-state index in [0.717, 1.165) is 22.4 Å². The van der Waals surface area contributed by atoms with Crippen LogP contribution in [0.25, 0.3) is 17.0 Å². The maximum atomic E-state index is 13.4. The second kappa shape index (κ2) is 7.48. The summed E-state index contributed by atoms with van der Waals surface area (Å²) in [5.74, 6) is 2.17. The molecule has 1 aliphatic carbocycles. The van der Waals surface area contributed by atoms with E-state index < -0.39 is 0 Å². The predicted molar refractivity (Wildman–Crippen MR) is 125 cm³/mol. The second-order valence-electron chi connectivity index (χ2n) is 9.49. The van der Waals surface area contributed by atoms with Crippen molar-refractivity contribution in [3.8, 4) is 23.0 Å². The molecule has 1 aliphatic heterocycles. The Hall–Kier alpha value is -4.07. The van der Waals surface area contributed by atoms with Crippen molar-refractivity contribution < 1.29 is 14.3 Å². The summed E-state index contributed by atoms with van der Waals surface area (Å²) in [6.07, 6.45) is 6.25. The lowest BCUT2D eigenvalue weighted by Crippen LogP contribution is -2.33. The molecule has 0 fully saturated rings. The molecule has 4 heterocycles. The van der Waals surface area contributed by atoms with Crippen molar-refractivity contribution in [3.63, 3.8) is 0 Å². The summed E-state index contributed by atoms with van der Waals surface area (Å²) in [6, 6.07) is 11.4. The third-order valence-electron chi connectivity index (χ3n) is 6.43. The van der Waals surface area contributed by atoms with Crippen molar-refractivity contribution in [2.75, 3.05) is 7.11 Å². The number of carbonyl (C=O) groups is 1. The monoisotopic (exact) mass is 453 g/mol. The molecule has 1 aromatic carbocycles. The highest BCUT2D eigenvalue weighted by Gasteiger charge is 2.44. The van der Waals surface area contributed by atoms with E-state index in [9.17, 15) is 4.79 Å². The van der Waals surface area contributed by atoms with Crippen LogP contribution in [0.5, 0.6) is 11.6 Å². The maximum Gasteiger partial charge on any atom is 0.228 e. The number of methoxy groups -OCH3 is 1. The van der Waals surface area contributed by atoms with Gasteiger partial charge >= 0.3 is 0 Å². The minimum atomic E-state index is -0.375. The number of benzene rings is 1. The van der Waals surface area contributed by atoms with Crippen LogP contribution >= 0.6 is 0 Å². The van der Waals surface area contributed by atoms with Crippen molar-refractivity contribution >= 4 is 11.4 Å². The lowest BCUT2D eigenvalue weighted by molar-refractivity contribution is -0.118. The summed E-state index contributed by atoms with van der Waals surface area (Å²) in [6.45, 7) is 4.17. The van der Waals surface area contributed by atoms with E-state index in [1.807, 2.05) is 36.4 Å². The second-order valence-corrected chi connectivity index (χ2v) is 9.49. The zero-order valence-electron chi connectivity index (χ0n) is 19.1. The van der Waals surface area contributed by atoms with Crippen LogP contribution in [-0.4, -0.2) is 37.5 Å². The minimum Gasteiger partial charge on any atom is -0.497 e. The van der Waals surface area contributed by atoms with Crippen LogP contribution in [0.15, 0.2) is 66.5 Å². The highest BCUT2D eigenvalue weighted by molar-refractivity contribution is 6.00. The topological polar surface area (TPSA) is 91.5 Å². The first-order valence-corrected chi connectivity index (χ1v) is 11.2. The zero-order chi connectivity index (χ0) is 23.4. The molecule has 170 valence electrons. The van der Waals surface area contributed by atoms with Gasteiger partial charge in [0.1, 0.15) is 17.8 Å². The summed E-state index contributed by atoms with van der Waals surface area (Å²) in [5.41, 5.74) is 3.58. The average Bonchev–Trinajstić information content (AvgIpc) is 3.27. The fourth-order valence-corrected chi connectivity index (χ4v) is 4.89. The number of pyridine rings is 1. The van der Waals surface area contributed by atoms with Gasteiger partial charge in [-0.05, 0) is 41.3 Å². The first-order valence-electron chi connectivity index (χ1n) is 11.2. The standard InChI is InChI=1S/C26H23N5O3/c1-26(2)11-18(32)21-19(12-26)34-25-22(20(21)16-5-4-10-27-13-16)24-29-23(30-31(24)14-28-25)15-6-8-17(33-3)9-7-15/h4-10,13-14,20H,11-12H2,1-3H3/t20-/m0/s1. The Morgan fingerprint density at radius 2 is 1.97 bits per heavy atom. The van der Waals surface area contributed by atoms with Crippen LogP contribution in [0.4, 0.5) is 0 Å². The number of ketones is 1. The number of fused-ring (bicyclic) bond motifs is 3. The molecule has 34 heavy (non-hydrogen) atoms. The van der Waals surface area contributed by atoms with Crippen LogP contribution in [0.3, 0.4) is 0 Å². The van der Waals surface area contributed by atoms with Gasteiger partial charge in [-0.2, -0.15) is 0 Å². The molecule has 8 heteroatoms. The molecule has 4 aromatic rings. The predicted octanol–water partition coefficient (Wildman–Crippen LogP) is 4.36. The molecule has 0 saturated heterocycles. The Kier molecular flexibility index (Phi) is 4.52. The molecule has 0 spiro atoms. The van der Waals surface area contributed by atoms with Gasteiger partial charge in [0.05, 0.1) is 18.6 Å². The smallest absolute Gasteiger partial charge is 0.228 e. The summed E-state index contributed by atoms with van der Waals surface area (Å²) < 4.78 is 13.2. The van der Waals surface area contributed by atoms with Gasteiger partial charge in [0.2, 0.25) is 5.88 Å². The van der Waals surface area contributed by atoms with Crippen LogP contribution in [-0.2, 0) is 4.79 Å². The largest absolute Gasteiger partial charge is 0.497 e. The van der Waals surface area contributed by atoms with Gasteiger partial charge in [-0.25, -0.2) is 14.5 Å². The Morgan fingerprint density at radius 3 is 2.71 bits per heavy atom. The number of rotatable bonds is 3. The minimum absolute atomic E-state index is 0.0858. The van der Waals surface area contributed by atoms with Gasteiger partial charge in [0.25, 0.3) is 0 Å². The summed E-state index contributed by atoms with van der Waals surface area (Å²) >= 11 is 0. The molecule has 3 aromatic heterocycles. The van der Waals surface area contributed by atoms with Crippen molar-refractivity contribution in [3.05, 3.63) is 77.6 Å². The SMILES string of the molecule is COc1ccc(-c2nc3c4c(ncn3n2)OC2=C(C(=O)CC(C)(C)C2)[C@@H]4c2cccnc2)cc1. The van der Waals surface area contributed by atoms with E-state index in [4.69, 9.17) is 14.5 Å². The van der Waals surface area contributed by atoms with E-state index in [-0.39, 0.29) is 17.1 Å². The normalized spacial score (nSPS) is 18.9. The Balaban J connectivity index is 1.56. The molecule has 8 nitrogen and oxygen atoms in total. The Labute approximate surface area is 196 Å². The van der Waals surface area contributed by atoms with Crippen molar-refractivity contribution in [1.29, 1.82) is 0 Å². The molecule has 6 rings (SSSR count). The number of allylic oxidation sites excluding steroid dienone is 2. The number of ether oxygens (including phenoxy) is 2. The highest BCUT2D eigenvalue weighted by Crippen LogP contribution is 2.50. The van der Waals surface area contributed by atoms with Gasteiger partial charge in [0.15, 0.2) is 17.3 Å². The molecule has 0 N–H and O–H groups in total. The number of carbonyl (C=O) groups excluding carboxylic acids is 1.